The Labute approximate surface area is 112 Å². The molecule has 0 bridgehead atoms. The molecule has 100 valence electrons. The predicted molar refractivity (Wildman–Crippen MR) is 73.5 cm³/mol. The number of nitrogens with one attached hydrogen (secondary N) is 1. The van der Waals surface area contributed by atoms with Crippen LogP contribution in [0.25, 0.3) is 0 Å². The van der Waals surface area contributed by atoms with Crippen molar-refractivity contribution in [1.29, 1.82) is 0 Å². The van der Waals surface area contributed by atoms with E-state index in [1.54, 1.807) is 25.5 Å². The van der Waals surface area contributed by atoms with E-state index in [0.717, 1.165) is 22.5 Å². The van der Waals surface area contributed by atoms with Crippen LogP contribution in [-0.4, -0.2) is 17.0 Å². The molecule has 0 saturated carbocycles. The summed E-state index contributed by atoms with van der Waals surface area (Å²) < 4.78 is 14.2. The van der Waals surface area contributed by atoms with E-state index in [1.807, 2.05) is 26.8 Å². The first-order chi connectivity index (χ1) is 9.02. The van der Waals surface area contributed by atoms with Crippen LogP contribution in [0.4, 0.5) is 4.39 Å². The van der Waals surface area contributed by atoms with Gasteiger partial charge in [-0.1, -0.05) is 6.07 Å². The normalized spacial score (nSPS) is 12.5. The number of aromatic nitrogens is 2. The summed E-state index contributed by atoms with van der Waals surface area (Å²) >= 11 is 0. The SMILES string of the molecule is CNC(c1cnc(C)cn1)c1c(C)cc(C)cc1F. The molecule has 4 heteroatoms. The van der Waals surface area contributed by atoms with Gasteiger partial charge in [0, 0.05) is 11.8 Å². The number of benzene rings is 1. The van der Waals surface area contributed by atoms with Gasteiger partial charge in [-0.2, -0.15) is 0 Å². The van der Waals surface area contributed by atoms with E-state index in [-0.39, 0.29) is 11.9 Å². The average Bonchev–Trinajstić information content (AvgIpc) is 2.35. The quantitative estimate of drug-likeness (QED) is 0.921. The first-order valence-electron chi connectivity index (χ1n) is 6.25. The third kappa shape index (κ3) is 2.79. The Morgan fingerprint density at radius 3 is 2.37 bits per heavy atom. The van der Waals surface area contributed by atoms with Crippen LogP contribution >= 0.6 is 0 Å². The third-order valence-corrected chi connectivity index (χ3v) is 3.15. The van der Waals surface area contributed by atoms with E-state index in [0.29, 0.717) is 5.56 Å². The Morgan fingerprint density at radius 2 is 1.84 bits per heavy atom. The summed E-state index contributed by atoms with van der Waals surface area (Å²) in [4.78, 5) is 8.56. The van der Waals surface area contributed by atoms with Gasteiger partial charge in [-0.15, -0.1) is 0 Å². The Morgan fingerprint density at radius 1 is 1.11 bits per heavy atom. The molecule has 0 fully saturated rings. The maximum atomic E-state index is 14.2. The number of nitrogens with zero attached hydrogens (tertiary/aromatic N) is 2. The fourth-order valence-corrected chi connectivity index (χ4v) is 2.28. The van der Waals surface area contributed by atoms with Gasteiger partial charge < -0.3 is 5.32 Å². The summed E-state index contributed by atoms with van der Waals surface area (Å²) in [7, 11) is 1.80. The highest BCUT2D eigenvalue weighted by atomic mass is 19.1. The molecule has 1 aromatic heterocycles. The van der Waals surface area contributed by atoms with Crippen molar-refractivity contribution in [3.05, 3.63) is 58.4 Å². The zero-order valence-electron chi connectivity index (χ0n) is 11.7. The number of hydrogen-bond donors (Lipinski definition) is 1. The van der Waals surface area contributed by atoms with Crippen LogP contribution in [0.5, 0.6) is 0 Å². The third-order valence-electron chi connectivity index (χ3n) is 3.15. The first-order valence-corrected chi connectivity index (χ1v) is 6.25. The summed E-state index contributed by atoms with van der Waals surface area (Å²) in [6, 6.07) is 3.24. The minimum atomic E-state index is -0.284. The van der Waals surface area contributed by atoms with Crippen LogP contribution in [0.2, 0.25) is 0 Å². The van der Waals surface area contributed by atoms with Crippen molar-refractivity contribution in [3.8, 4) is 0 Å². The van der Waals surface area contributed by atoms with E-state index < -0.39 is 0 Å². The highest BCUT2D eigenvalue weighted by Gasteiger charge is 2.20. The maximum absolute atomic E-state index is 14.2. The molecular weight excluding hydrogens is 241 g/mol. The Balaban J connectivity index is 2.51. The van der Waals surface area contributed by atoms with E-state index in [4.69, 9.17) is 0 Å². The number of aryl methyl sites for hydroxylation is 3. The van der Waals surface area contributed by atoms with E-state index >= 15 is 0 Å². The van der Waals surface area contributed by atoms with Gasteiger partial charge in [0.2, 0.25) is 0 Å². The van der Waals surface area contributed by atoms with E-state index in [1.165, 1.54) is 0 Å². The van der Waals surface area contributed by atoms with Gasteiger partial charge in [0.15, 0.2) is 0 Å². The fraction of sp³-hybridized carbons (Fsp3) is 0.333. The Hall–Kier alpha value is -1.81. The standard InChI is InChI=1S/C15H18FN3/c1-9-5-10(2)14(12(16)6-9)15(17-4)13-8-18-11(3)7-19-13/h5-8,15,17H,1-4H3. The minimum absolute atomic E-state index is 0.209. The summed E-state index contributed by atoms with van der Waals surface area (Å²) in [5.41, 5.74) is 4.03. The lowest BCUT2D eigenvalue weighted by atomic mass is 9.96. The molecule has 0 aliphatic carbocycles. The predicted octanol–water partition coefficient (Wildman–Crippen LogP) is 2.85. The largest absolute Gasteiger partial charge is 0.308 e. The van der Waals surface area contributed by atoms with Crippen molar-refractivity contribution in [2.45, 2.75) is 26.8 Å². The van der Waals surface area contributed by atoms with E-state index in [2.05, 4.69) is 15.3 Å². The summed E-state index contributed by atoms with van der Waals surface area (Å²) in [6.45, 7) is 5.68. The molecule has 0 spiro atoms. The second-order valence-electron chi connectivity index (χ2n) is 4.78. The molecule has 2 rings (SSSR count). The van der Waals surface area contributed by atoms with Gasteiger partial charge in [-0.05, 0) is 45.0 Å². The van der Waals surface area contributed by atoms with Crippen molar-refractivity contribution in [3.63, 3.8) is 0 Å². The number of rotatable bonds is 3. The van der Waals surface area contributed by atoms with Gasteiger partial charge in [0.05, 0.1) is 23.6 Å². The van der Waals surface area contributed by atoms with Crippen LogP contribution in [-0.2, 0) is 0 Å². The molecule has 1 aromatic carbocycles. The summed E-state index contributed by atoms with van der Waals surface area (Å²) in [5, 5.41) is 3.11. The second kappa shape index (κ2) is 5.45. The lowest BCUT2D eigenvalue weighted by molar-refractivity contribution is 0.565. The molecule has 1 atom stereocenters. The van der Waals surface area contributed by atoms with Gasteiger partial charge in [-0.25, -0.2) is 4.39 Å². The first kappa shape index (κ1) is 13.6. The Kier molecular flexibility index (Phi) is 3.90. The molecule has 1 heterocycles. The summed E-state index contributed by atoms with van der Waals surface area (Å²) in [5.74, 6) is -0.209. The lowest BCUT2D eigenvalue weighted by Crippen LogP contribution is -2.21. The maximum Gasteiger partial charge on any atom is 0.128 e. The highest BCUT2D eigenvalue weighted by molar-refractivity contribution is 5.37. The molecular formula is C15H18FN3. The van der Waals surface area contributed by atoms with Crippen LogP contribution in [0, 0.1) is 26.6 Å². The zero-order valence-corrected chi connectivity index (χ0v) is 11.7. The number of hydrogen-bond acceptors (Lipinski definition) is 3. The van der Waals surface area contributed by atoms with Crippen molar-refractivity contribution in [1.82, 2.24) is 15.3 Å². The molecule has 0 radical (unpaired) electrons. The van der Waals surface area contributed by atoms with Gasteiger partial charge >= 0.3 is 0 Å². The highest BCUT2D eigenvalue weighted by Crippen LogP contribution is 2.26. The average molecular weight is 259 g/mol. The minimum Gasteiger partial charge on any atom is -0.308 e. The smallest absolute Gasteiger partial charge is 0.128 e. The van der Waals surface area contributed by atoms with Gasteiger partial charge in [0.1, 0.15) is 5.82 Å². The second-order valence-corrected chi connectivity index (χ2v) is 4.78. The van der Waals surface area contributed by atoms with Crippen molar-refractivity contribution in [2.75, 3.05) is 7.05 Å². The fourth-order valence-electron chi connectivity index (χ4n) is 2.28. The molecule has 1 unspecified atom stereocenters. The molecule has 0 amide bonds. The molecule has 1 N–H and O–H groups in total. The van der Waals surface area contributed by atoms with Crippen molar-refractivity contribution in [2.24, 2.45) is 0 Å². The van der Waals surface area contributed by atoms with Crippen molar-refractivity contribution < 1.29 is 4.39 Å². The number of halogens is 1. The van der Waals surface area contributed by atoms with Gasteiger partial charge in [0.25, 0.3) is 0 Å². The lowest BCUT2D eigenvalue weighted by Gasteiger charge is -2.19. The zero-order chi connectivity index (χ0) is 14.0. The topological polar surface area (TPSA) is 37.8 Å². The molecule has 2 aromatic rings. The Bertz CT molecular complexity index is 555. The van der Waals surface area contributed by atoms with Crippen LogP contribution < -0.4 is 5.32 Å². The summed E-state index contributed by atoms with van der Waals surface area (Å²) in [6.07, 6.45) is 3.39. The van der Waals surface area contributed by atoms with Crippen molar-refractivity contribution >= 4 is 0 Å². The van der Waals surface area contributed by atoms with Crippen LogP contribution in [0.15, 0.2) is 24.5 Å². The van der Waals surface area contributed by atoms with Gasteiger partial charge in [-0.3, -0.25) is 9.97 Å². The molecule has 3 nitrogen and oxygen atoms in total. The van der Waals surface area contributed by atoms with Crippen LogP contribution in [0.3, 0.4) is 0 Å². The molecule has 19 heavy (non-hydrogen) atoms. The molecule has 0 saturated heterocycles. The molecule has 0 aliphatic rings. The monoisotopic (exact) mass is 259 g/mol. The van der Waals surface area contributed by atoms with E-state index in [9.17, 15) is 4.39 Å². The molecule has 0 aliphatic heterocycles. The van der Waals surface area contributed by atoms with Crippen LogP contribution in [0.1, 0.15) is 34.1 Å².